The fraction of sp³-hybridized carbons (Fsp3) is 0.190. The van der Waals surface area contributed by atoms with Gasteiger partial charge in [-0.1, -0.05) is 36.1 Å². The highest BCUT2D eigenvalue weighted by Gasteiger charge is 2.38. The van der Waals surface area contributed by atoms with Crippen molar-refractivity contribution in [2.45, 2.75) is 24.9 Å². The number of aromatic nitrogens is 2. The molecule has 0 saturated heterocycles. The summed E-state index contributed by atoms with van der Waals surface area (Å²) in [5, 5.41) is 15.3. The molecule has 1 amide bonds. The maximum Gasteiger partial charge on any atom is 0.269 e. The molecular formula is C21H17N3O3. The molecule has 134 valence electrons. The van der Waals surface area contributed by atoms with E-state index in [1.54, 1.807) is 28.9 Å². The molecule has 0 aliphatic heterocycles. The average molecular weight is 359 g/mol. The van der Waals surface area contributed by atoms with Crippen molar-refractivity contribution in [3.05, 3.63) is 59.8 Å². The minimum absolute atomic E-state index is 0.202. The number of Topliss-reactive ketones (excluding diaryl/α,β-unsaturated/α-hetero) is 1. The normalized spacial score (nSPS) is 19.1. The number of nitrogens with two attached hydrogens (primary N) is 1. The maximum atomic E-state index is 11.8. The van der Waals surface area contributed by atoms with Gasteiger partial charge in [0.05, 0.1) is 11.2 Å². The summed E-state index contributed by atoms with van der Waals surface area (Å²) in [6.45, 7) is 0. The molecule has 3 N–H and O–H groups in total. The molecule has 1 aliphatic carbocycles. The van der Waals surface area contributed by atoms with Gasteiger partial charge in [0.25, 0.3) is 5.91 Å². The van der Waals surface area contributed by atoms with Crippen molar-refractivity contribution in [1.82, 2.24) is 9.78 Å². The zero-order chi connectivity index (χ0) is 19.0. The summed E-state index contributed by atoms with van der Waals surface area (Å²) in [6, 6.07) is 14.6. The van der Waals surface area contributed by atoms with Gasteiger partial charge in [-0.2, -0.15) is 5.10 Å². The number of carbonyl (C=O) groups excluding carboxylic acids is 2. The largest absolute Gasteiger partial charge is 0.371 e. The van der Waals surface area contributed by atoms with Crippen LogP contribution in [0, 0.1) is 11.8 Å². The SMILES string of the molecule is NC(=O)c1nn(-c2cccc(C#CC3(O)CCCC3=O)c2)c2ccccc12. The Hall–Kier alpha value is -3.43. The number of hydrogen-bond acceptors (Lipinski definition) is 4. The molecule has 1 saturated carbocycles. The number of hydrogen-bond donors (Lipinski definition) is 2. The van der Waals surface area contributed by atoms with Gasteiger partial charge in [-0.25, -0.2) is 4.68 Å². The molecule has 0 bridgehead atoms. The Balaban J connectivity index is 1.77. The van der Waals surface area contributed by atoms with Crippen molar-refractivity contribution in [3.8, 4) is 17.5 Å². The van der Waals surface area contributed by atoms with E-state index in [1.165, 1.54) is 0 Å². The Kier molecular flexibility index (Phi) is 4.02. The minimum atomic E-state index is -1.55. The number of amides is 1. The first-order chi connectivity index (χ1) is 13.0. The van der Waals surface area contributed by atoms with Crippen LogP contribution in [0.15, 0.2) is 48.5 Å². The maximum absolute atomic E-state index is 11.8. The lowest BCUT2D eigenvalue weighted by Gasteiger charge is -2.11. The standard InChI is InChI=1S/C21H17N3O3/c22-20(26)19-16-7-1-2-8-17(16)24(23-19)15-6-3-5-14(13-15)10-12-21(27)11-4-9-18(21)25/h1-3,5-8,13,27H,4,9,11H2,(H2,22,26). The molecule has 6 heteroatoms. The fourth-order valence-electron chi connectivity index (χ4n) is 3.32. The molecule has 1 aromatic heterocycles. The molecule has 27 heavy (non-hydrogen) atoms. The molecule has 0 radical (unpaired) electrons. The molecule has 4 rings (SSSR count). The molecule has 1 atom stereocenters. The average Bonchev–Trinajstić information content (AvgIpc) is 3.22. The summed E-state index contributed by atoms with van der Waals surface area (Å²) >= 11 is 0. The van der Waals surface area contributed by atoms with Crippen LogP contribution in [0.5, 0.6) is 0 Å². The third-order valence-electron chi connectivity index (χ3n) is 4.73. The van der Waals surface area contributed by atoms with Gasteiger partial charge in [0, 0.05) is 17.4 Å². The topological polar surface area (TPSA) is 98.2 Å². The lowest BCUT2D eigenvalue weighted by Crippen LogP contribution is -2.31. The smallest absolute Gasteiger partial charge is 0.269 e. The quantitative estimate of drug-likeness (QED) is 0.684. The Morgan fingerprint density at radius 1 is 1.22 bits per heavy atom. The molecule has 1 fully saturated rings. The van der Waals surface area contributed by atoms with Gasteiger partial charge >= 0.3 is 0 Å². The second kappa shape index (κ2) is 6.38. The number of fused-ring (bicyclic) bond motifs is 1. The van der Waals surface area contributed by atoms with Crippen molar-refractivity contribution in [2.75, 3.05) is 0 Å². The second-order valence-corrected chi connectivity index (χ2v) is 6.58. The van der Waals surface area contributed by atoms with Gasteiger partial charge in [-0.3, -0.25) is 9.59 Å². The predicted octanol–water partition coefficient (Wildman–Crippen LogP) is 1.96. The Labute approximate surface area is 155 Å². The third kappa shape index (κ3) is 2.98. The number of nitrogens with zero attached hydrogens (tertiary/aromatic N) is 2. The Bertz CT molecular complexity index is 1140. The van der Waals surface area contributed by atoms with Crippen molar-refractivity contribution in [2.24, 2.45) is 5.73 Å². The molecule has 0 spiro atoms. The first-order valence-corrected chi connectivity index (χ1v) is 8.65. The van der Waals surface area contributed by atoms with E-state index < -0.39 is 11.5 Å². The number of benzene rings is 2. The minimum Gasteiger partial charge on any atom is -0.371 e. The lowest BCUT2D eigenvalue weighted by atomic mass is 10.0. The third-order valence-corrected chi connectivity index (χ3v) is 4.73. The highest BCUT2D eigenvalue weighted by Crippen LogP contribution is 2.26. The van der Waals surface area contributed by atoms with Crippen LogP contribution in [-0.4, -0.2) is 32.2 Å². The summed E-state index contributed by atoms with van der Waals surface area (Å²) in [5.74, 6) is 4.79. The van der Waals surface area contributed by atoms with Gasteiger partial charge in [-0.15, -0.1) is 0 Å². The molecule has 1 unspecified atom stereocenters. The molecule has 6 nitrogen and oxygen atoms in total. The van der Waals surface area contributed by atoms with Crippen molar-refractivity contribution >= 4 is 22.6 Å². The molecule has 2 aromatic carbocycles. The fourth-order valence-corrected chi connectivity index (χ4v) is 3.32. The number of ketones is 1. The molecule has 1 heterocycles. The summed E-state index contributed by atoms with van der Waals surface area (Å²) < 4.78 is 1.63. The highest BCUT2D eigenvalue weighted by molar-refractivity contribution is 6.04. The number of carbonyl (C=O) groups is 2. The second-order valence-electron chi connectivity index (χ2n) is 6.58. The van der Waals surface area contributed by atoms with E-state index in [2.05, 4.69) is 16.9 Å². The van der Waals surface area contributed by atoms with Crippen LogP contribution in [-0.2, 0) is 4.79 Å². The first kappa shape index (κ1) is 17.0. The zero-order valence-electron chi connectivity index (χ0n) is 14.5. The first-order valence-electron chi connectivity index (χ1n) is 8.65. The highest BCUT2D eigenvalue weighted by atomic mass is 16.3. The Morgan fingerprint density at radius 2 is 2.04 bits per heavy atom. The number of rotatable bonds is 2. The summed E-state index contributed by atoms with van der Waals surface area (Å²) in [4.78, 5) is 23.5. The van der Waals surface area contributed by atoms with E-state index >= 15 is 0 Å². The predicted molar refractivity (Wildman–Crippen MR) is 100 cm³/mol. The van der Waals surface area contributed by atoms with E-state index in [-0.39, 0.29) is 11.5 Å². The molecule has 3 aromatic rings. The van der Waals surface area contributed by atoms with Crippen LogP contribution in [0.4, 0.5) is 0 Å². The zero-order valence-corrected chi connectivity index (χ0v) is 14.5. The summed E-state index contributed by atoms with van der Waals surface area (Å²) in [7, 11) is 0. The van der Waals surface area contributed by atoms with Crippen molar-refractivity contribution in [3.63, 3.8) is 0 Å². The van der Waals surface area contributed by atoms with Crippen LogP contribution < -0.4 is 5.73 Å². The van der Waals surface area contributed by atoms with Gasteiger partial charge in [0.2, 0.25) is 0 Å². The molecule has 1 aliphatic rings. The Morgan fingerprint density at radius 3 is 2.78 bits per heavy atom. The van der Waals surface area contributed by atoms with Crippen molar-refractivity contribution in [1.29, 1.82) is 0 Å². The van der Waals surface area contributed by atoms with Gasteiger partial charge in [0.1, 0.15) is 0 Å². The van der Waals surface area contributed by atoms with E-state index in [1.807, 2.05) is 24.3 Å². The van der Waals surface area contributed by atoms with Crippen LogP contribution in [0.3, 0.4) is 0 Å². The van der Waals surface area contributed by atoms with Crippen LogP contribution in [0.25, 0.3) is 16.6 Å². The monoisotopic (exact) mass is 359 g/mol. The number of aliphatic hydroxyl groups is 1. The van der Waals surface area contributed by atoms with Crippen LogP contribution in [0.1, 0.15) is 35.3 Å². The van der Waals surface area contributed by atoms with Gasteiger partial charge < -0.3 is 10.8 Å². The number of primary amides is 1. The van der Waals surface area contributed by atoms with Crippen LogP contribution in [0.2, 0.25) is 0 Å². The van der Waals surface area contributed by atoms with Gasteiger partial charge in [-0.05, 0) is 37.1 Å². The van der Waals surface area contributed by atoms with E-state index in [0.717, 1.165) is 5.52 Å². The molecular weight excluding hydrogens is 342 g/mol. The van der Waals surface area contributed by atoms with E-state index in [9.17, 15) is 14.7 Å². The summed E-state index contributed by atoms with van der Waals surface area (Å²) in [6.07, 6.45) is 1.38. The summed E-state index contributed by atoms with van der Waals surface area (Å²) in [5.41, 5.74) is 6.20. The van der Waals surface area contributed by atoms with Gasteiger partial charge in [0.15, 0.2) is 17.1 Å². The van der Waals surface area contributed by atoms with E-state index in [4.69, 9.17) is 5.73 Å². The number of para-hydroxylation sites is 1. The van der Waals surface area contributed by atoms with Crippen molar-refractivity contribution < 1.29 is 14.7 Å². The lowest BCUT2D eigenvalue weighted by molar-refractivity contribution is -0.128. The van der Waals surface area contributed by atoms with E-state index in [0.29, 0.717) is 35.9 Å². The van der Waals surface area contributed by atoms with Crippen LogP contribution >= 0.6 is 0 Å².